The number of unbranched alkanes of at least 4 members (excludes halogenated alkanes) is 26. The molecule has 40 heavy (non-hydrogen) atoms. The lowest BCUT2D eigenvalue weighted by atomic mass is 10.0. The summed E-state index contributed by atoms with van der Waals surface area (Å²) < 4.78 is 0. The SMILES string of the molecule is CCCCCCCCCCCCCCCCN(C)C.CCCCCCCCCCCCCCCCN(C)C.Cl.Cl. The average Bonchev–Trinajstić information content (AvgIpc) is 2.89. The summed E-state index contributed by atoms with van der Waals surface area (Å²) >= 11 is 0. The van der Waals surface area contributed by atoms with Crippen molar-refractivity contribution in [1.29, 1.82) is 0 Å². The van der Waals surface area contributed by atoms with Gasteiger partial charge in [0.15, 0.2) is 0 Å². The number of nitrogens with zero attached hydrogens (tertiary/aromatic N) is 2. The van der Waals surface area contributed by atoms with E-state index in [-0.39, 0.29) is 24.8 Å². The zero-order valence-corrected chi connectivity index (χ0v) is 30.6. The van der Waals surface area contributed by atoms with Crippen molar-refractivity contribution in [2.24, 2.45) is 0 Å². The van der Waals surface area contributed by atoms with E-state index in [9.17, 15) is 0 Å². The van der Waals surface area contributed by atoms with Gasteiger partial charge in [-0.2, -0.15) is 0 Å². The molecule has 0 aromatic heterocycles. The van der Waals surface area contributed by atoms with Crippen LogP contribution in [-0.4, -0.2) is 51.1 Å². The molecule has 0 aliphatic heterocycles. The minimum absolute atomic E-state index is 0. The quantitative estimate of drug-likeness (QED) is 0.0746. The van der Waals surface area contributed by atoms with Gasteiger partial charge in [-0.3, -0.25) is 0 Å². The van der Waals surface area contributed by atoms with Crippen LogP contribution in [0.5, 0.6) is 0 Å². The fourth-order valence-corrected chi connectivity index (χ4v) is 5.25. The van der Waals surface area contributed by atoms with Crippen LogP contribution in [0.25, 0.3) is 0 Å². The van der Waals surface area contributed by atoms with E-state index < -0.39 is 0 Å². The summed E-state index contributed by atoms with van der Waals surface area (Å²) in [4.78, 5) is 4.58. The molecule has 0 spiro atoms. The Morgan fingerprint density at radius 2 is 0.400 bits per heavy atom. The Kier molecular flexibility index (Phi) is 52.1. The van der Waals surface area contributed by atoms with E-state index in [2.05, 4.69) is 51.8 Å². The minimum Gasteiger partial charge on any atom is -0.309 e. The van der Waals surface area contributed by atoms with E-state index in [0.29, 0.717) is 0 Å². The van der Waals surface area contributed by atoms with Gasteiger partial charge in [-0.15, -0.1) is 24.8 Å². The highest BCUT2D eigenvalue weighted by Crippen LogP contribution is 2.14. The summed E-state index contributed by atoms with van der Waals surface area (Å²) in [6.45, 7) is 7.11. The second-order valence-corrected chi connectivity index (χ2v) is 12.8. The van der Waals surface area contributed by atoms with Gasteiger partial charge in [0.1, 0.15) is 0 Å². The molecule has 0 atom stereocenters. The standard InChI is InChI=1S/2C18H39N.2ClH/c2*1-4-5-6-7-8-9-10-11-12-13-14-15-16-17-18-19(2)3;;/h2*4-18H2,1-3H3;2*1H. The van der Waals surface area contributed by atoms with Gasteiger partial charge < -0.3 is 9.80 Å². The molecule has 0 saturated heterocycles. The normalized spacial score (nSPS) is 10.8. The summed E-state index contributed by atoms with van der Waals surface area (Å²) in [5.74, 6) is 0. The van der Waals surface area contributed by atoms with E-state index in [1.165, 1.54) is 193 Å². The van der Waals surface area contributed by atoms with Crippen molar-refractivity contribution in [2.45, 2.75) is 194 Å². The molecule has 0 N–H and O–H groups in total. The van der Waals surface area contributed by atoms with Gasteiger partial charge in [-0.25, -0.2) is 0 Å². The number of hydrogen-bond acceptors (Lipinski definition) is 2. The smallest absolute Gasteiger partial charge is 0.00248 e. The number of rotatable bonds is 30. The van der Waals surface area contributed by atoms with Crippen LogP contribution in [0.4, 0.5) is 0 Å². The lowest BCUT2D eigenvalue weighted by molar-refractivity contribution is 0.389. The van der Waals surface area contributed by atoms with Crippen molar-refractivity contribution < 1.29 is 0 Å². The molecule has 0 saturated carbocycles. The maximum absolute atomic E-state index is 2.29. The summed E-state index contributed by atoms with van der Waals surface area (Å²) in [6.07, 6.45) is 40.6. The van der Waals surface area contributed by atoms with Gasteiger partial charge in [-0.1, -0.05) is 181 Å². The average molecular weight is 612 g/mol. The van der Waals surface area contributed by atoms with Crippen LogP contribution >= 0.6 is 24.8 Å². The molecule has 4 heteroatoms. The van der Waals surface area contributed by atoms with Crippen molar-refractivity contribution in [3.8, 4) is 0 Å². The Morgan fingerprint density at radius 1 is 0.250 bits per heavy atom. The highest BCUT2D eigenvalue weighted by Gasteiger charge is 1.96. The van der Waals surface area contributed by atoms with Crippen molar-refractivity contribution in [3.05, 3.63) is 0 Å². The van der Waals surface area contributed by atoms with Crippen LogP contribution in [0.2, 0.25) is 0 Å². The van der Waals surface area contributed by atoms with Crippen molar-refractivity contribution in [2.75, 3.05) is 41.3 Å². The molecule has 0 fully saturated rings. The molecule has 0 aliphatic rings. The lowest BCUT2D eigenvalue weighted by Gasteiger charge is -2.08. The largest absolute Gasteiger partial charge is 0.309 e. The van der Waals surface area contributed by atoms with Gasteiger partial charge in [0.05, 0.1) is 0 Å². The third-order valence-corrected chi connectivity index (χ3v) is 7.92. The summed E-state index contributed by atoms with van der Waals surface area (Å²) in [6, 6.07) is 0. The minimum atomic E-state index is 0. The molecule has 0 unspecified atom stereocenters. The molecule has 0 bridgehead atoms. The molecule has 0 rings (SSSR count). The first kappa shape index (κ1) is 47.4. The number of hydrogen-bond donors (Lipinski definition) is 0. The Hall–Kier alpha value is 0.500. The molecule has 248 valence electrons. The lowest BCUT2D eigenvalue weighted by Crippen LogP contribution is -2.12. The molecule has 0 aromatic rings. The van der Waals surface area contributed by atoms with Crippen molar-refractivity contribution in [1.82, 2.24) is 9.80 Å². The van der Waals surface area contributed by atoms with Gasteiger partial charge in [0, 0.05) is 0 Å². The molecule has 0 aromatic carbocycles. The van der Waals surface area contributed by atoms with E-state index >= 15 is 0 Å². The third kappa shape index (κ3) is 51.3. The molecular weight excluding hydrogens is 531 g/mol. The van der Waals surface area contributed by atoms with Gasteiger partial charge in [0.25, 0.3) is 0 Å². The second-order valence-electron chi connectivity index (χ2n) is 12.8. The molecule has 0 aliphatic carbocycles. The maximum Gasteiger partial charge on any atom is -0.00248 e. The fraction of sp³-hybridized carbons (Fsp3) is 1.00. The summed E-state index contributed by atoms with van der Waals surface area (Å²) in [5.41, 5.74) is 0. The summed E-state index contributed by atoms with van der Waals surface area (Å²) in [7, 11) is 8.68. The Bertz CT molecular complexity index is 355. The fourth-order valence-electron chi connectivity index (χ4n) is 5.25. The van der Waals surface area contributed by atoms with Crippen molar-refractivity contribution >= 4 is 24.8 Å². The van der Waals surface area contributed by atoms with E-state index in [0.717, 1.165) is 0 Å². The van der Waals surface area contributed by atoms with Crippen LogP contribution in [0, 0.1) is 0 Å². The van der Waals surface area contributed by atoms with E-state index in [1.54, 1.807) is 0 Å². The first-order chi connectivity index (χ1) is 18.5. The van der Waals surface area contributed by atoms with Gasteiger partial charge >= 0.3 is 0 Å². The Labute approximate surface area is 268 Å². The van der Waals surface area contributed by atoms with Crippen LogP contribution in [0.15, 0.2) is 0 Å². The molecule has 2 nitrogen and oxygen atoms in total. The van der Waals surface area contributed by atoms with Crippen LogP contribution < -0.4 is 0 Å². The third-order valence-electron chi connectivity index (χ3n) is 7.92. The number of halogens is 2. The second kappa shape index (κ2) is 43.9. The molecule has 0 radical (unpaired) electrons. The Balaban J connectivity index is -0.000000309. The maximum atomic E-state index is 2.29. The first-order valence-corrected chi connectivity index (χ1v) is 17.8. The van der Waals surface area contributed by atoms with Crippen molar-refractivity contribution in [3.63, 3.8) is 0 Å². The zero-order valence-electron chi connectivity index (χ0n) is 28.9. The summed E-state index contributed by atoms with van der Waals surface area (Å²) in [5, 5.41) is 0. The van der Waals surface area contributed by atoms with Gasteiger partial charge in [0.2, 0.25) is 0 Å². The molecular formula is C36H80Cl2N2. The first-order valence-electron chi connectivity index (χ1n) is 17.8. The van der Waals surface area contributed by atoms with Crippen LogP contribution in [0.3, 0.4) is 0 Å². The Morgan fingerprint density at radius 3 is 0.550 bits per heavy atom. The predicted octanol–water partition coefficient (Wildman–Crippen LogP) is 12.9. The van der Waals surface area contributed by atoms with Crippen LogP contribution in [-0.2, 0) is 0 Å². The molecule has 0 amide bonds. The molecule has 0 heterocycles. The highest BCUT2D eigenvalue weighted by molar-refractivity contribution is 5.85. The topological polar surface area (TPSA) is 6.48 Å². The van der Waals surface area contributed by atoms with Gasteiger partial charge in [-0.05, 0) is 54.1 Å². The highest BCUT2D eigenvalue weighted by atomic mass is 35.5. The zero-order chi connectivity index (χ0) is 28.4. The van der Waals surface area contributed by atoms with E-state index in [1.807, 2.05) is 0 Å². The predicted molar refractivity (Wildman–Crippen MR) is 192 cm³/mol. The van der Waals surface area contributed by atoms with E-state index in [4.69, 9.17) is 0 Å². The van der Waals surface area contributed by atoms with Crippen LogP contribution in [0.1, 0.15) is 194 Å². The monoisotopic (exact) mass is 611 g/mol.